The molecule has 4 N–H and O–H groups in total. The van der Waals surface area contributed by atoms with Crippen LogP contribution in [0.25, 0.3) is 0 Å². The number of hydrogen-bond donors (Lipinski definition) is 3. The Morgan fingerprint density at radius 1 is 1.42 bits per heavy atom. The number of hydrogen-bond acceptors (Lipinski definition) is 7. The average molecular weight is 414 g/mol. The maximum atomic E-state index is 12.5. The zero-order valence-corrected chi connectivity index (χ0v) is 16.0. The Bertz CT molecular complexity index is 901. The quantitative estimate of drug-likeness (QED) is 0.671. The van der Waals surface area contributed by atoms with Gasteiger partial charge in [-0.05, 0) is 25.5 Å². The Kier molecular flexibility index (Phi) is 5.25. The summed E-state index contributed by atoms with van der Waals surface area (Å²) in [5.74, 6) is 0.402. The molecule has 1 aliphatic rings. The van der Waals surface area contributed by atoms with Crippen molar-refractivity contribution in [1.82, 2.24) is 4.72 Å². The Hall–Kier alpha value is -0.850. The molecule has 0 aliphatic carbocycles. The van der Waals surface area contributed by atoms with E-state index in [1.54, 1.807) is 6.92 Å². The summed E-state index contributed by atoms with van der Waals surface area (Å²) in [5.41, 5.74) is -0.873. The standard InChI is InChI=1S/C12H16ClN3O5S3/c1-7(17)22-4-3-12(2)15-9-5-8(13)10(23(14,18)19)6-11(9)24(20,21)16-12/h5-6,15-16H,3-4H2,1-2H3,(H2,14,18,19). The second-order valence-corrected chi connectivity index (χ2v) is 10.3. The van der Waals surface area contributed by atoms with Gasteiger partial charge in [-0.2, -0.15) is 4.72 Å². The van der Waals surface area contributed by atoms with E-state index >= 15 is 0 Å². The predicted octanol–water partition coefficient (Wildman–Crippen LogP) is 1.08. The van der Waals surface area contributed by atoms with E-state index in [9.17, 15) is 21.6 Å². The van der Waals surface area contributed by atoms with Crippen molar-refractivity contribution >= 4 is 54.2 Å². The summed E-state index contributed by atoms with van der Waals surface area (Å²) in [4.78, 5) is 10.3. The summed E-state index contributed by atoms with van der Waals surface area (Å²) in [7, 11) is -8.15. The number of benzene rings is 1. The molecule has 0 spiro atoms. The molecule has 1 aromatic carbocycles. The van der Waals surface area contributed by atoms with Gasteiger partial charge in [0.25, 0.3) is 0 Å². The van der Waals surface area contributed by atoms with Gasteiger partial charge in [-0.1, -0.05) is 23.4 Å². The summed E-state index contributed by atoms with van der Waals surface area (Å²) in [6.07, 6.45) is 0.324. The fourth-order valence-electron chi connectivity index (χ4n) is 2.26. The van der Waals surface area contributed by atoms with E-state index in [4.69, 9.17) is 16.7 Å². The van der Waals surface area contributed by atoms with Gasteiger partial charge in [-0.3, -0.25) is 4.79 Å². The largest absolute Gasteiger partial charge is 0.365 e. The van der Waals surface area contributed by atoms with E-state index in [2.05, 4.69) is 10.0 Å². The van der Waals surface area contributed by atoms with Crippen LogP contribution in [0.5, 0.6) is 0 Å². The molecule has 1 unspecified atom stereocenters. The molecule has 12 heteroatoms. The minimum absolute atomic E-state index is 0.0708. The van der Waals surface area contributed by atoms with Crippen LogP contribution in [0.4, 0.5) is 5.69 Å². The number of nitrogens with one attached hydrogen (secondary N) is 2. The van der Waals surface area contributed by atoms with Crippen molar-refractivity contribution in [1.29, 1.82) is 0 Å². The smallest absolute Gasteiger partial charge is 0.244 e. The van der Waals surface area contributed by atoms with Gasteiger partial charge in [0, 0.05) is 12.7 Å². The van der Waals surface area contributed by atoms with Crippen LogP contribution in [0.1, 0.15) is 20.3 Å². The number of primary sulfonamides is 1. The van der Waals surface area contributed by atoms with E-state index in [0.29, 0.717) is 12.2 Å². The molecule has 0 bridgehead atoms. The fourth-order valence-corrected chi connectivity index (χ4v) is 5.76. The maximum Gasteiger partial charge on any atom is 0.244 e. The molecule has 0 saturated heterocycles. The van der Waals surface area contributed by atoms with Crippen molar-refractivity contribution < 1.29 is 21.6 Å². The number of rotatable bonds is 4. The van der Waals surface area contributed by atoms with Crippen LogP contribution in [0.3, 0.4) is 0 Å². The molecule has 0 amide bonds. The molecular weight excluding hydrogens is 398 g/mol. The van der Waals surface area contributed by atoms with E-state index in [0.717, 1.165) is 17.8 Å². The zero-order valence-electron chi connectivity index (χ0n) is 12.8. The summed E-state index contributed by atoms with van der Waals surface area (Å²) in [5, 5.41) is 7.78. The van der Waals surface area contributed by atoms with Crippen LogP contribution >= 0.6 is 23.4 Å². The minimum Gasteiger partial charge on any atom is -0.365 e. The first-order chi connectivity index (χ1) is 10.8. The highest BCUT2D eigenvalue weighted by molar-refractivity contribution is 8.13. The normalized spacial score (nSPS) is 22.5. The lowest BCUT2D eigenvalue weighted by Gasteiger charge is -2.37. The number of fused-ring (bicyclic) bond motifs is 1. The van der Waals surface area contributed by atoms with Crippen LogP contribution in [-0.4, -0.2) is 33.4 Å². The Labute approximate surface area is 149 Å². The van der Waals surface area contributed by atoms with Crippen molar-refractivity contribution in [2.75, 3.05) is 11.1 Å². The van der Waals surface area contributed by atoms with Gasteiger partial charge in [-0.15, -0.1) is 0 Å². The van der Waals surface area contributed by atoms with Gasteiger partial charge < -0.3 is 5.32 Å². The molecule has 24 heavy (non-hydrogen) atoms. The lowest BCUT2D eigenvalue weighted by molar-refractivity contribution is -0.109. The number of nitrogens with two attached hydrogens (primary N) is 1. The molecule has 0 fully saturated rings. The molecular formula is C12H16ClN3O5S3. The molecule has 1 aliphatic heterocycles. The highest BCUT2D eigenvalue weighted by Gasteiger charge is 2.38. The molecule has 8 nitrogen and oxygen atoms in total. The number of carbonyl (C=O) groups is 1. The van der Waals surface area contributed by atoms with Crippen LogP contribution in [0.15, 0.2) is 21.9 Å². The van der Waals surface area contributed by atoms with E-state index < -0.39 is 30.6 Å². The van der Waals surface area contributed by atoms with Gasteiger partial charge in [0.15, 0.2) is 5.12 Å². The van der Waals surface area contributed by atoms with Crippen LogP contribution in [0.2, 0.25) is 5.02 Å². The van der Waals surface area contributed by atoms with Gasteiger partial charge in [0.05, 0.1) is 16.4 Å². The highest BCUT2D eigenvalue weighted by Crippen LogP contribution is 2.36. The molecule has 1 aromatic rings. The van der Waals surface area contributed by atoms with E-state index in [1.807, 2.05) is 0 Å². The Morgan fingerprint density at radius 2 is 2.04 bits per heavy atom. The number of anilines is 1. The Balaban J connectivity index is 2.44. The monoisotopic (exact) mass is 413 g/mol. The van der Waals surface area contributed by atoms with Crippen molar-refractivity contribution in [2.45, 2.75) is 35.7 Å². The summed E-state index contributed by atoms with van der Waals surface area (Å²) in [6.45, 7) is 3.05. The van der Waals surface area contributed by atoms with Gasteiger partial charge >= 0.3 is 0 Å². The van der Waals surface area contributed by atoms with E-state index in [-0.39, 0.29) is 20.7 Å². The summed E-state index contributed by atoms with van der Waals surface area (Å²) >= 11 is 6.99. The molecule has 1 atom stereocenters. The summed E-state index contributed by atoms with van der Waals surface area (Å²) in [6, 6.07) is 2.14. The van der Waals surface area contributed by atoms with Crippen LogP contribution < -0.4 is 15.2 Å². The van der Waals surface area contributed by atoms with Crippen molar-refractivity contribution in [3.63, 3.8) is 0 Å². The number of halogens is 1. The SMILES string of the molecule is CC(=O)SCCC1(C)Nc2cc(Cl)c(S(N)(=O)=O)cc2S(=O)(=O)N1. The first-order valence-electron chi connectivity index (χ1n) is 6.66. The van der Waals surface area contributed by atoms with Crippen molar-refractivity contribution in [3.05, 3.63) is 17.2 Å². The van der Waals surface area contributed by atoms with E-state index in [1.165, 1.54) is 13.0 Å². The second kappa shape index (κ2) is 6.46. The molecule has 0 saturated carbocycles. The number of carbonyl (C=O) groups excluding carboxylic acids is 1. The molecule has 2 rings (SSSR count). The van der Waals surface area contributed by atoms with Crippen LogP contribution in [0, 0.1) is 0 Å². The molecule has 1 heterocycles. The van der Waals surface area contributed by atoms with Gasteiger partial charge in [-0.25, -0.2) is 22.0 Å². The van der Waals surface area contributed by atoms with Crippen LogP contribution in [-0.2, 0) is 24.8 Å². The lowest BCUT2D eigenvalue weighted by Crippen LogP contribution is -2.55. The molecule has 0 radical (unpaired) electrons. The minimum atomic E-state index is -4.16. The number of sulfonamides is 2. The summed E-state index contributed by atoms with van der Waals surface area (Å²) < 4.78 is 50.4. The second-order valence-electron chi connectivity index (χ2n) is 5.48. The lowest BCUT2D eigenvalue weighted by atomic mass is 10.1. The highest BCUT2D eigenvalue weighted by atomic mass is 35.5. The maximum absolute atomic E-state index is 12.5. The average Bonchev–Trinajstić information content (AvgIpc) is 2.33. The fraction of sp³-hybridized carbons (Fsp3) is 0.417. The first kappa shape index (κ1) is 19.5. The predicted molar refractivity (Wildman–Crippen MR) is 92.9 cm³/mol. The Morgan fingerprint density at radius 3 is 2.58 bits per heavy atom. The van der Waals surface area contributed by atoms with Crippen molar-refractivity contribution in [2.24, 2.45) is 5.14 Å². The molecule has 134 valence electrons. The third-order valence-corrected chi connectivity index (χ3v) is 7.13. The first-order valence-corrected chi connectivity index (χ1v) is 11.1. The number of thioether (sulfide) groups is 1. The topological polar surface area (TPSA) is 135 Å². The van der Waals surface area contributed by atoms with Gasteiger partial charge in [0.2, 0.25) is 20.0 Å². The zero-order chi connectivity index (χ0) is 18.3. The third kappa shape index (κ3) is 4.21. The van der Waals surface area contributed by atoms with Crippen molar-refractivity contribution in [3.8, 4) is 0 Å². The molecule has 0 aromatic heterocycles. The third-order valence-electron chi connectivity index (χ3n) is 3.31. The van der Waals surface area contributed by atoms with Gasteiger partial charge in [0.1, 0.15) is 9.79 Å².